The van der Waals surface area contributed by atoms with Gasteiger partial charge in [-0.1, -0.05) is 466 Å². The molecular formula is C116H198Br2N4O20. The molecule has 0 bridgehead atoms. The van der Waals surface area contributed by atoms with Crippen LogP contribution in [0.1, 0.15) is 408 Å². The summed E-state index contributed by atoms with van der Waals surface area (Å²) >= 11 is 6.15. The smallest absolute Gasteiger partial charge is 0.407 e. The highest BCUT2D eigenvalue weighted by molar-refractivity contribution is 9.09. The van der Waals surface area contributed by atoms with Crippen molar-refractivity contribution in [3.63, 3.8) is 0 Å². The maximum atomic E-state index is 14.3. The summed E-state index contributed by atoms with van der Waals surface area (Å²) in [6.45, 7) is 16.3. The van der Waals surface area contributed by atoms with Crippen LogP contribution in [0.15, 0.2) is 121 Å². The summed E-state index contributed by atoms with van der Waals surface area (Å²) in [7, 11) is 1.25. The Hall–Kier alpha value is -5.53. The molecule has 6 rings (SSSR count). The van der Waals surface area contributed by atoms with Gasteiger partial charge >= 0.3 is 12.1 Å². The Labute approximate surface area is 878 Å². The standard InChI is InChI=1S/C68H102N2O8.C43H83BrN2O10.C2H3BrO2.C2H6.CH4/c1-5-6-7-8-9-10-11-12-14-17-20-35-46-63(74-50-59-40-29-24-30-41-59)66(75-51-60-42-31-25-32-43-60)62(53-76-67-57(4)55(2)56(3)64(78-67)54-73-49-58-38-27-23-28-39-58)70-65(71)47-36-21-18-15-13-16-19-22-37-48-69-68(72)77-52-61-44-33-26-34-45-61;1-2-3-4-5-6-7-8-9-11-14-17-22-27-35(48)39(51)34(33-55-43-42(54)41(53)40(52)36(32-47)56-43)46-38(50)29-24-18-15-12-10-13-16-21-26-31-45-37(49)28-23-19-20-25-30-44;3-1-2(4)5;1-2;/h23-34,38-45,55-57,62-64,66-67H,5-22,35-37,46-54H2,1-4H3,(H,69,72)(H,70,71);34-36,39-43,47-48,51-54H,2-33H2,1H3,(H,45,49)(H,46,50);1H2,(H,4,5);1-2H3;1H4/t55-,56+,57?,62-,63+,64?,66-,67-;34-,35+,36?,39-,40-,41-,42?,43-;;;/m00.../s1/i;;;1T;1D. The maximum absolute atomic E-state index is 14.3. The van der Waals surface area contributed by atoms with Crippen molar-refractivity contribution >= 4 is 61.6 Å². The molecule has 4 amide bonds. The van der Waals surface area contributed by atoms with E-state index >= 15 is 0 Å². The van der Waals surface area contributed by atoms with Gasteiger partial charge < -0.3 is 94.9 Å². The highest BCUT2D eigenvalue weighted by Crippen LogP contribution is 2.37. The normalized spacial score (nSPS) is 19.1. The van der Waals surface area contributed by atoms with E-state index in [1.165, 1.54) is 142 Å². The minimum absolute atomic E-state index is 0.00781. The molecule has 0 spiro atoms. The average Bonchev–Trinajstić information content (AvgIpc) is 0.815. The van der Waals surface area contributed by atoms with Crippen molar-refractivity contribution in [1.29, 1.82) is 0 Å². The van der Waals surface area contributed by atoms with Crippen LogP contribution in [-0.4, -0.2) is 195 Å². The monoisotopic (exact) mass is 2130 g/mol. The number of hydrogen-bond acceptors (Lipinski definition) is 19. The highest BCUT2D eigenvalue weighted by atomic mass is 79.9. The summed E-state index contributed by atoms with van der Waals surface area (Å²) in [6.07, 6.45) is 43.6. The van der Waals surface area contributed by atoms with E-state index in [9.17, 15) is 54.6 Å². The van der Waals surface area contributed by atoms with Gasteiger partial charge in [0.15, 0.2) is 12.6 Å². The third-order valence-electron chi connectivity index (χ3n) is 27.0. The second kappa shape index (κ2) is 90.6. The summed E-state index contributed by atoms with van der Waals surface area (Å²) in [6, 6.07) is 39.2. The van der Waals surface area contributed by atoms with Gasteiger partial charge in [-0.05, 0) is 85.5 Å². The van der Waals surface area contributed by atoms with Crippen molar-refractivity contribution in [2.45, 2.75) is 489 Å². The maximum Gasteiger partial charge on any atom is 0.407 e. The van der Waals surface area contributed by atoms with Gasteiger partial charge in [0.2, 0.25) is 17.7 Å². The first-order valence-electron chi connectivity index (χ1n) is 56.8. The van der Waals surface area contributed by atoms with Crippen LogP contribution in [0, 0.1) is 17.8 Å². The number of carboxylic acids is 1. The van der Waals surface area contributed by atoms with Gasteiger partial charge in [0, 0.05) is 46.3 Å². The lowest BCUT2D eigenvalue weighted by Gasteiger charge is -2.44. The number of halogens is 2. The van der Waals surface area contributed by atoms with Gasteiger partial charge in [0.05, 0.1) is 76.6 Å². The quantitative estimate of drug-likeness (QED) is 0.0144. The third-order valence-corrected chi connectivity index (χ3v) is 28.1. The van der Waals surface area contributed by atoms with Gasteiger partial charge in [-0.15, -0.1) is 0 Å². The number of nitrogens with one attached hydrogen (secondary N) is 4. The summed E-state index contributed by atoms with van der Waals surface area (Å²) < 4.78 is 62.5. The van der Waals surface area contributed by atoms with Gasteiger partial charge in [0.25, 0.3) is 0 Å². The van der Waals surface area contributed by atoms with E-state index in [1.807, 2.05) is 72.8 Å². The number of aliphatic hydroxyl groups is 6. The highest BCUT2D eigenvalue weighted by Gasteiger charge is 2.46. The average molecular weight is 2130 g/mol. The number of rotatable bonds is 82. The van der Waals surface area contributed by atoms with Crippen LogP contribution in [0.5, 0.6) is 0 Å². The van der Waals surface area contributed by atoms with Crippen LogP contribution in [0.2, 0.25) is 0 Å². The van der Waals surface area contributed by atoms with Crippen molar-refractivity contribution in [1.82, 2.24) is 21.3 Å². The molecule has 0 radical (unpaired) electrons. The SMILES string of the molecule is CCCCCCCCCCCCCC[C@@H](O)[C@@H](O)[C@H](CO[C@H]1OC(CO)[C@H](O)[C@H](O)C1O)NC(=O)CCCCCCCCCCCNC(=O)CCCCCCBr.CCCCCCCCCCCCCC[C@@H](OCc1ccccc1)[C@@H](OCc1ccccc1)[C@H](CO[C@H]1OC(COCc2ccccc2)[C@H](C)[C@H](C)C1C)NC(=O)CCCCCCCCCCCNC(=O)OCc1ccccc1.O=C(O)CBr.[2H]C.[3H]CC. The number of benzene rings is 4. The first-order valence-corrected chi connectivity index (χ1v) is 57.3. The molecular weight excluding hydrogens is 1930 g/mol. The lowest BCUT2D eigenvalue weighted by Crippen LogP contribution is -2.60. The molecule has 2 fully saturated rings. The fourth-order valence-corrected chi connectivity index (χ4v) is 18.2. The fraction of sp³-hybridized carbons (Fsp3) is 0.750. The molecule has 2 aliphatic rings. The second-order valence-electron chi connectivity index (χ2n) is 38.9. The number of aliphatic carboxylic acids is 1. The summed E-state index contributed by atoms with van der Waals surface area (Å²) in [5, 5.41) is 83.2. The fourth-order valence-electron chi connectivity index (χ4n) is 17.8. The molecule has 4 aromatic rings. The van der Waals surface area contributed by atoms with E-state index in [4.69, 9.17) is 45.7 Å². The molecule has 4 unspecified atom stereocenters. The van der Waals surface area contributed by atoms with E-state index in [0.717, 1.165) is 195 Å². The van der Waals surface area contributed by atoms with Gasteiger partial charge in [-0.3, -0.25) is 19.2 Å². The molecule has 26 heteroatoms. The minimum Gasteiger partial charge on any atom is -0.481 e. The molecule has 0 aliphatic carbocycles. The molecule has 0 saturated carbocycles. The van der Waals surface area contributed by atoms with Gasteiger partial charge in [-0.25, -0.2) is 4.79 Å². The van der Waals surface area contributed by atoms with Gasteiger partial charge in [-0.2, -0.15) is 0 Å². The predicted molar refractivity (Wildman–Crippen MR) is 582 cm³/mol. The van der Waals surface area contributed by atoms with Crippen LogP contribution in [0.4, 0.5) is 4.79 Å². The number of aliphatic hydroxyl groups excluding tert-OH is 6. The Balaban J connectivity index is 0.000000932. The number of carbonyl (C=O) groups excluding carboxylic acids is 4. The van der Waals surface area contributed by atoms with Crippen LogP contribution < -0.4 is 21.3 Å². The summed E-state index contributed by atoms with van der Waals surface area (Å²) in [5.41, 5.74) is 4.29. The largest absolute Gasteiger partial charge is 0.481 e. The Morgan fingerprint density at radius 1 is 0.430 bits per heavy atom. The molecule has 24 nitrogen and oxygen atoms in total. The van der Waals surface area contributed by atoms with Crippen LogP contribution in [0.3, 0.4) is 0 Å². The number of alkyl carbamates (subject to hydrolysis) is 1. The zero-order valence-corrected chi connectivity index (χ0v) is 91.9. The van der Waals surface area contributed by atoms with E-state index in [2.05, 4.69) is 136 Å². The zero-order chi connectivity index (χ0) is 105. The summed E-state index contributed by atoms with van der Waals surface area (Å²) in [4.78, 5) is 60.6. The van der Waals surface area contributed by atoms with Crippen molar-refractivity contribution in [2.75, 3.05) is 50.2 Å². The summed E-state index contributed by atoms with van der Waals surface area (Å²) in [5.74, 6) is -0.228. The lowest BCUT2D eigenvalue weighted by molar-refractivity contribution is -0.303. The van der Waals surface area contributed by atoms with Crippen LogP contribution >= 0.6 is 31.9 Å². The number of amides is 4. The molecule has 142 heavy (non-hydrogen) atoms. The van der Waals surface area contributed by atoms with Crippen molar-refractivity contribution < 1.29 is 100 Å². The number of unbranched alkanes of at least 4 members (excludes halogenated alkanes) is 41. The van der Waals surface area contributed by atoms with E-state index in [1.54, 1.807) is 6.92 Å². The Morgan fingerprint density at radius 2 is 0.789 bits per heavy atom. The first-order chi connectivity index (χ1) is 70.1. The van der Waals surface area contributed by atoms with E-state index in [0.29, 0.717) is 71.5 Å². The molecule has 4 aromatic carbocycles. The zero-order valence-electron chi connectivity index (χ0n) is 90.7. The predicted octanol–water partition coefficient (Wildman–Crippen LogP) is 25.0. The molecule has 11 N–H and O–H groups in total. The number of alkyl halides is 2. The number of ether oxygens (including phenoxy) is 8. The Bertz CT molecular complexity index is 3590. The van der Waals surface area contributed by atoms with E-state index < -0.39 is 80.0 Å². The molecule has 16 atom stereocenters. The van der Waals surface area contributed by atoms with Crippen molar-refractivity contribution in [3.8, 4) is 0 Å². The number of carbonyl (C=O) groups is 5. The minimum atomic E-state index is -1.62. The molecule has 816 valence electrons. The Morgan fingerprint density at radius 3 is 1.23 bits per heavy atom. The van der Waals surface area contributed by atoms with Crippen molar-refractivity contribution in [2.24, 2.45) is 17.8 Å². The molecule has 2 aliphatic heterocycles. The van der Waals surface area contributed by atoms with Crippen LogP contribution in [0.25, 0.3) is 0 Å². The van der Waals surface area contributed by atoms with Crippen LogP contribution in [-0.2, 0) is 83.5 Å². The lowest BCUT2D eigenvalue weighted by atomic mass is 9.79. The first kappa shape index (κ1) is 129. The topological polar surface area (TPSA) is 349 Å². The second-order valence-corrected chi connectivity index (χ2v) is 40.3. The third kappa shape index (κ3) is 66.0. The van der Waals surface area contributed by atoms with E-state index in [-0.39, 0.29) is 79.4 Å². The molecule has 2 saturated heterocycles. The van der Waals surface area contributed by atoms with Crippen molar-refractivity contribution in [3.05, 3.63) is 144 Å². The Kier molecular flexibility index (Phi) is 82.1. The number of hydrogen-bond donors (Lipinski definition) is 11. The molecule has 0 aromatic heterocycles. The number of carboxylic acid groups (broad SMARTS) is 1. The molecule has 2 heterocycles. The van der Waals surface area contributed by atoms with Gasteiger partial charge in [0.1, 0.15) is 48.6 Å².